The van der Waals surface area contributed by atoms with Gasteiger partial charge in [0, 0.05) is 36.0 Å². The minimum atomic E-state index is 0.446. The maximum atomic E-state index is 6.35. The average molecular weight is 448 g/mol. The molecule has 0 unspecified atom stereocenters. The van der Waals surface area contributed by atoms with Gasteiger partial charge in [0.2, 0.25) is 5.88 Å². The monoisotopic (exact) mass is 447 g/mol. The highest BCUT2D eigenvalue weighted by Crippen LogP contribution is 2.33. The molecule has 1 aromatic rings. The maximum absolute atomic E-state index is 6.35. The van der Waals surface area contributed by atoms with Gasteiger partial charge in [0.15, 0.2) is 0 Å². The van der Waals surface area contributed by atoms with Gasteiger partial charge < -0.3 is 10.5 Å². The van der Waals surface area contributed by atoms with Gasteiger partial charge in [0.05, 0.1) is 5.70 Å². The molecule has 0 atom stereocenters. The number of hydrogen-bond acceptors (Lipinski definition) is 4. The molecule has 0 aromatic heterocycles. The predicted molar refractivity (Wildman–Crippen MR) is 145 cm³/mol. The van der Waals surface area contributed by atoms with Crippen LogP contribution in [-0.4, -0.2) is 18.5 Å². The second-order valence-corrected chi connectivity index (χ2v) is 7.90. The Bertz CT molecular complexity index is 982. The van der Waals surface area contributed by atoms with E-state index in [0.29, 0.717) is 18.2 Å². The topological polar surface area (TPSA) is 60.0 Å². The molecule has 0 heterocycles. The third kappa shape index (κ3) is 9.63. The highest BCUT2D eigenvalue weighted by molar-refractivity contribution is 5.87. The fourth-order valence-electron chi connectivity index (χ4n) is 3.00. The predicted octanol–water partition coefficient (Wildman–Crippen LogP) is 7.46. The molecular weight excluding hydrogens is 406 g/mol. The molecule has 0 radical (unpaired) electrons. The minimum absolute atomic E-state index is 0.446. The van der Waals surface area contributed by atoms with E-state index in [1.165, 1.54) is 5.57 Å². The highest BCUT2D eigenvalue weighted by atomic mass is 16.5. The van der Waals surface area contributed by atoms with Gasteiger partial charge in [-0.25, -0.2) is 4.99 Å². The van der Waals surface area contributed by atoms with E-state index in [2.05, 4.69) is 39.5 Å². The summed E-state index contributed by atoms with van der Waals surface area (Å²) in [5, 5.41) is 0. The molecule has 0 fully saturated rings. The van der Waals surface area contributed by atoms with Gasteiger partial charge in [-0.3, -0.25) is 4.99 Å². The van der Waals surface area contributed by atoms with Crippen LogP contribution in [0.3, 0.4) is 0 Å². The first-order chi connectivity index (χ1) is 15.9. The summed E-state index contributed by atoms with van der Waals surface area (Å²) < 4.78 is 6.35. The summed E-state index contributed by atoms with van der Waals surface area (Å²) in [5.41, 5.74) is 11.8. The zero-order valence-corrected chi connectivity index (χ0v) is 21.6. The SMILES string of the molecule is C\C=C(/C=N/C(=C(/C)CC)c1ccc(C#CCCC)cc1O/C(=C/C)N=C(C)CCC)CN. The van der Waals surface area contributed by atoms with Crippen LogP contribution in [0.5, 0.6) is 5.75 Å². The number of allylic oxidation sites excluding steroid dienone is 3. The van der Waals surface area contributed by atoms with Crippen molar-refractivity contribution < 1.29 is 4.74 Å². The number of ether oxygens (including phenoxy) is 1. The van der Waals surface area contributed by atoms with E-state index < -0.39 is 0 Å². The van der Waals surface area contributed by atoms with Crippen molar-refractivity contribution >= 4 is 17.6 Å². The zero-order valence-electron chi connectivity index (χ0n) is 21.6. The Hall–Kier alpha value is -2.90. The molecule has 4 heteroatoms. The number of aliphatic imine (C=N–C) groups is 2. The average Bonchev–Trinajstić information content (AvgIpc) is 2.82. The molecule has 0 aliphatic rings. The largest absolute Gasteiger partial charge is 0.439 e. The molecule has 0 saturated carbocycles. The Morgan fingerprint density at radius 1 is 1.09 bits per heavy atom. The van der Waals surface area contributed by atoms with Crippen LogP contribution in [-0.2, 0) is 0 Å². The van der Waals surface area contributed by atoms with Crippen LogP contribution in [0, 0.1) is 11.8 Å². The lowest BCUT2D eigenvalue weighted by Crippen LogP contribution is -2.04. The van der Waals surface area contributed by atoms with Crippen molar-refractivity contribution in [1.29, 1.82) is 0 Å². The highest BCUT2D eigenvalue weighted by Gasteiger charge is 2.14. The molecule has 33 heavy (non-hydrogen) atoms. The molecule has 2 N–H and O–H groups in total. The fourth-order valence-corrected chi connectivity index (χ4v) is 3.00. The van der Waals surface area contributed by atoms with Gasteiger partial charge in [-0.2, -0.15) is 0 Å². The summed E-state index contributed by atoms with van der Waals surface area (Å²) in [6.45, 7) is 14.9. The second kappa shape index (κ2) is 15.8. The van der Waals surface area contributed by atoms with E-state index in [1.54, 1.807) is 0 Å². The summed E-state index contributed by atoms with van der Waals surface area (Å²) >= 11 is 0. The van der Waals surface area contributed by atoms with Crippen LogP contribution in [0.25, 0.3) is 5.70 Å². The smallest absolute Gasteiger partial charge is 0.214 e. The minimum Gasteiger partial charge on any atom is -0.439 e. The van der Waals surface area contributed by atoms with E-state index in [4.69, 9.17) is 20.5 Å². The molecule has 0 aliphatic carbocycles. The molecule has 1 aromatic carbocycles. The van der Waals surface area contributed by atoms with Gasteiger partial charge in [-0.15, -0.1) is 0 Å². The second-order valence-electron chi connectivity index (χ2n) is 7.90. The fraction of sp³-hybridized carbons (Fsp3) is 0.448. The van der Waals surface area contributed by atoms with Crippen LogP contribution in [0.1, 0.15) is 91.7 Å². The van der Waals surface area contributed by atoms with E-state index in [-0.39, 0.29) is 0 Å². The molecule has 0 amide bonds. The van der Waals surface area contributed by atoms with Gasteiger partial charge in [-0.1, -0.05) is 45.1 Å². The molecule has 1 rings (SSSR count). The van der Waals surface area contributed by atoms with Gasteiger partial charge in [-0.05, 0) is 82.4 Å². The summed E-state index contributed by atoms with van der Waals surface area (Å²) in [6.07, 6.45) is 10.5. The maximum Gasteiger partial charge on any atom is 0.214 e. The number of nitrogens with zero attached hydrogens (tertiary/aromatic N) is 2. The van der Waals surface area contributed by atoms with Crippen LogP contribution in [0.2, 0.25) is 0 Å². The molecule has 0 bridgehead atoms. The van der Waals surface area contributed by atoms with Crippen LogP contribution >= 0.6 is 0 Å². The van der Waals surface area contributed by atoms with Crippen molar-refractivity contribution in [2.24, 2.45) is 15.7 Å². The van der Waals surface area contributed by atoms with E-state index in [0.717, 1.165) is 60.2 Å². The lowest BCUT2D eigenvalue weighted by Gasteiger charge is -2.15. The van der Waals surface area contributed by atoms with Gasteiger partial charge in [0.1, 0.15) is 5.75 Å². The van der Waals surface area contributed by atoms with Gasteiger partial charge in [0.25, 0.3) is 0 Å². The van der Waals surface area contributed by atoms with Crippen molar-refractivity contribution in [3.8, 4) is 17.6 Å². The standard InChI is InChI=1S/C29H41N3O/c1-8-13-14-16-25-17-18-26(29(22(6)10-3)31-21-24(11-4)20-30)27(19-25)33-28(12-5)32-23(7)15-9-2/h11-12,17-19,21H,8-10,13,15,20,30H2,1-7H3/b24-11-,28-12+,29-22-,31-21+,32-23?. The molecule has 178 valence electrons. The third-order valence-electron chi connectivity index (χ3n) is 5.12. The van der Waals surface area contributed by atoms with E-state index in [1.807, 2.05) is 57.3 Å². The summed E-state index contributed by atoms with van der Waals surface area (Å²) in [4.78, 5) is 9.52. The summed E-state index contributed by atoms with van der Waals surface area (Å²) in [6, 6.07) is 6.07. The lowest BCUT2D eigenvalue weighted by molar-refractivity contribution is 0.418. The van der Waals surface area contributed by atoms with Crippen molar-refractivity contribution in [3.05, 3.63) is 58.5 Å². The first-order valence-corrected chi connectivity index (χ1v) is 12.0. The Morgan fingerprint density at radius 2 is 1.85 bits per heavy atom. The van der Waals surface area contributed by atoms with Gasteiger partial charge >= 0.3 is 0 Å². The number of hydrogen-bond donors (Lipinski definition) is 1. The Kier molecular flexibility index (Phi) is 13.5. The molecule has 0 saturated heterocycles. The number of unbranched alkanes of at least 4 members (excludes halogenated alkanes) is 1. The van der Waals surface area contributed by atoms with Crippen LogP contribution in [0.15, 0.2) is 57.4 Å². The van der Waals surface area contributed by atoms with E-state index >= 15 is 0 Å². The zero-order chi connectivity index (χ0) is 24.6. The Morgan fingerprint density at radius 3 is 2.42 bits per heavy atom. The summed E-state index contributed by atoms with van der Waals surface area (Å²) in [5.74, 6) is 7.75. The Balaban J connectivity index is 3.62. The Labute approximate surface area is 201 Å². The van der Waals surface area contributed by atoms with Crippen LogP contribution < -0.4 is 10.5 Å². The summed E-state index contributed by atoms with van der Waals surface area (Å²) in [7, 11) is 0. The molecule has 0 aliphatic heterocycles. The van der Waals surface area contributed by atoms with Crippen molar-refractivity contribution in [2.75, 3.05) is 6.54 Å². The van der Waals surface area contributed by atoms with Crippen LogP contribution in [0.4, 0.5) is 0 Å². The number of nitrogens with two attached hydrogens (primary N) is 1. The van der Waals surface area contributed by atoms with Crippen molar-refractivity contribution in [2.45, 2.75) is 80.6 Å². The molecule has 4 nitrogen and oxygen atoms in total. The molecule has 0 spiro atoms. The number of benzene rings is 1. The quantitative estimate of drug-likeness (QED) is 0.217. The lowest BCUT2D eigenvalue weighted by atomic mass is 10.0. The first kappa shape index (κ1) is 28.1. The van der Waals surface area contributed by atoms with E-state index in [9.17, 15) is 0 Å². The number of rotatable bonds is 11. The van der Waals surface area contributed by atoms with Crippen molar-refractivity contribution in [3.63, 3.8) is 0 Å². The first-order valence-electron chi connectivity index (χ1n) is 12.0. The molecular formula is C29H41N3O. The normalized spacial score (nSPS) is 13.6. The van der Waals surface area contributed by atoms with Crippen molar-refractivity contribution in [1.82, 2.24) is 0 Å². The third-order valence-corrected chi connectivity index (χ3v) is 5.12.